The van der Waals surface area contributed by atoms with Gasteiger partial charge in [-0.3, -0.25) is 4.79 Å². The van der Waals surface area contributed by atoms with Crippen molar-refractivity contribution < 1.29 is 9.53 Å². The Morgan fingerprint density at radius 1 is 1.36 bits per heavy atom. The molecule has 8 heteroatoms. The maximum absolute atomic E-state index is 12.4. The van der Waals surface area contributed by atoms with Gasteiger partial charge >= 0.3 is 0 Å². The van der Waals surface area contributed by atoms with Crippen molar-refractivity contribution in [2.75, 3.05) is 12.9 Å². The molecule has 0 unspecified atom stereocenters. The van der Waals surface area contributed by atoms with Crippen molar-refractivity contribution in [2.24, 2.45) is 11.8 Å². The molecule has 0 radical (unpaired) electrons. The molecule has 2 fully saturated rings. The standard InChI is InChI=1S/C20H25ClN4O2S/c1-3-25-19(15-10-14(21)6-7-17(15)27-2)23-24-20(25)28-11-18(26)22-16-9-12-4-5-13(16)8-12/h6-7,10,12-13,16H,3-5,8-9,11H2,1-2H3,(H,22,26)/t12-,13-,16-/m1/s1. The van der Waals surface area contributed by atoms with Crippen molar-refractivity contribution in [1.29, 1.82) is 0 Å². The molecule has 2 aliphatic carbocycles. The van der Waals surface area contributed by atoms with Crippen LogP contribution in [0.25, 0.3) is 11.4 Å². The van der Waals surface area contributed by atoms with Crippen LogP contribution in [-0.2, 0) is 11.3 Å². The van der Waals surface area contributed by atoms with Gasteiger partial charge in [0.1, 0.15) is 5.75 Å². The zero-order valence-electron chi connectivity index (χ0n) is 16.2. The third kappa shape index (κ3) is 3.87. The first kappa shape index (κ1) is 19.6. The van der Waals surface area contributed by atoms with Crippen LogP contribution in [-0.4, -0.2) is 39.6 Å². The van der Waals surface area contributed by atoms with Crippen molar-refractivity contribution in [3.8, 4) is 17.1 Å². The van der Waals surface area contributed by atoms with Crippen LogP contribution < -0.4 is 10.1 Å². The number of hydrogen-bond donors (Lipinski definition) is 1. The Hall–Kier alpha value is -1.73. The van der Waals surface area contributed by atoms with Gasteiger partial charge in [0.25, 0.3) is 0 Å². The Morgan fingerprint density at radius 3 is 2.89 bits per heavy atom. The third-order valence-corrected chi connectivity index (χ3v) is 7.05. The minimum atomic E-state index is 0.0788. The summed E-state index contributed by atoms with van der Waals surface area (Å²) in [5, 5.41) is 13.2. The SMILES string of the molecule is CCn1c(SCC(=O)N[C@@H]2C[C@@H]3CC[C@@H]2C3)nnc1-c1cc(Cl)ccc1OC. The van der Waals surface area contributed by atoms with Gasteiger partial charge in [0.15, 0.2) is 11.0 Å². The second kappa shape index (κ2) is 8.33. The molecule has 6 nitrogen and oxygen atoms in total. The van der Waals surface area contributed by atoms with Gasteiger partial charge < -0.3 is 14.6 Å². The number of rotatable bonds is 7. The number of thioether (sulfide) groups is 1. The second-order valence-corrected chi connectivity index (χ2v) is 8.91. The normalized spacial score (nSPS) is 23.2. The number of hydrogen-bond acceptors (Lipinski definition) is 5. The molecule has 1 heterocycles. The van der Waals surface area contributed by atoms with E-state index in [1.807, 2.05) is 23.6 Å². The molecule has 0 spiro atoms. The molecule has 1 amide bonds. The highest BCUT2D eigenvalue weighted by Crippen LogP contribution is 2.44. The average molecular weight is 421 g/mol. The lowest BCUT2D eigenvalue weighted by Crippen LogP contribution is -2.39. The summed E-state index contributed by atoms with van der Waals surface area (Å²) in [5.74, 6) is 3.31. The lowest BCUT2D eigenvalue weighted by atomic mass is 9.95. The van der Waals surface area contributed by atoms with Crippen molar-refractivity contribution >= 4 is 29.3 Å². The van der Waals surface area contributed by atoms with Gasteiger partial charge in [-0.15, -0.1) is 10.2 Å². The molecule has 2 aliphatic rings. The summed E-state index contributed by atoms with van der Waals surface area (Å²) in [5.41, 5.74) is 0.794. The van der Waals surface area contributed by atoms with E-state index in [1.165, 1.54) is 31.0 Å². The highest BCUT2D eigenvalue weighted by atomic mass is 35.5. The molecule has 2 bridgehead atoms. The highest BCUT2D eigenvalue weighted by molar-refractivity contribution is 7.99. The van der Waals surface area contributed by atoms with Gasteiger partial charge in [0, 0.05) is 17.6 Å². The topological polar surface area (TPSA) is 69.0 Å². The van der Waals surface area contributed by atoms with E-state index in [1.54, 1.807) is 13.2 Å². The lowest BCUT2D eigenvalue weighted by Gasteiger charge is -2.22. The maximum atomic E-state index is 12.4. The summed E-state index contributed by atoms with van der Waals surface area (Å²) in [6, 6.07) is 5.79. The number of fused-ring (bicyclic) bond motifs is 2. The van der Waals surface area contributed by atoms with Crippen LogP contribution >= 0.6 is 23.4 Å². The summed E-state index contributed by atoms with van der Waals surface area (Å²) < 4.78 is 7.44. The minimum Gasteiger partial charge on any atom is -0.496 e. The molecule has 1 aromatic carbocycles. The van der Waals surface area contributed by atoms with E-state index in [4.69, 9.17) is 16.3 Å². The number of carbonyl (C=O) groups excluding carboxylic acids is 1. The van der Waals surface area contributed by atoms with Crippen LogP contribution in [0.4, 0.5) is 0 Å². The van der Waals surface area contributed by atoms with Crippen LogP contribution in [0, 0.1) is 11.8 Å². The lowest BCUT2D eigenvalue weighted by molar-refractivity contribution is -0.119. The number of nitrogens with zero attached hydrogens (tertiary/aromatic N) is 3. The van der Waals surface area contributed by atoms with E-state index in [0.717, 1.165) is 23.1 Å². The number of methoxy groups -OCH3 is 1. The van der Waals surface area contributed by atoms with Crippen LogP contribution in [0.1, 0.15) is 32.6 Å². The highest BCUT2D eigenvalue weighted by Gasteiger charge is 2.40. The van der Waals surface area contributed by atoms with Crippen molar-refractivity contribution in [3.63, 3.8) is 0 Å². The zero-order valence-corrected chi connectivity index (χ0v) is 17.7. The molecule has 1 N–H and O–H groups in total. The fraction of sp³-hybridized carbons (Fsp3) is 0.550. The van der Waals surface area contributed by atoms with Gasteiger partial charge in [0.2, 0.25) is 5.91 Å². The quantitative estimate of drug-likeness (QED) is 0.685. The number of ether oxygens (including phenoxy) is 1. The molecule has 0 saturated heterocycles. The maximum Gasteiger partial charge on any atom is 0.230 e. The molecule has 2 saturated carbocycles. The van der Waals surface area contributed by atoms with Crippen LogP contribution in [0.5, 0.6) is 5.75 Å². The van der Waals surface area contributed by atoms with Gasteiger partial charge in [-0.25, -0.2) is 0 Å². The number of benzene rings is 1. The molecule has 4 rings (SSSR count). The Morgan fingerprint density at radius 2 is 2.21 bits per heavy atom. The third-order valence-electron chi connectivity index (χ3n) is 5.85. The van der Waals surface area contributed by atoms with Crippen molar-refractivity contribution in [2.45, 2.75) is 50.4 Å². The monoisotopic (exact) mass is 420 g/mol. The molecule has 0 aliphatic heterocycles. The first-order valence-corrected chi connectivity index (χ1v) is 11.1. The van der Waals surface area contributed by atoms with Crippen LogP contribution in [0.3, 0.4) is 0 Å². The summed E-state index contributed by atoms with van der Waals surface area (Å²) in [7, 11) is 1.62. The zero-order chi connectivity index (χ0) is 19.7. The predicted octanol–water partition coefficient (Wildman–Crippen LogP) is 4.02. The van der Waals surface area contributed by atoms with E-state index in [2.05, 4.69) is 15.5 Å². The Balaban J connectivity index is 1.44. The number of nitrogens with one attached hydrogen (secondary N) is 1. The summed E-state index contributed by atoms with van der Waals surface area (Å²) in [6.07, 6.45) is 5.02. The van der Waals surface area contributed by atoms with E-state index < -0.39 is 0 Å². The second-order valence-electron chi connectivity index (χ2n) is 7.53. The molecule has 150 valence electrons. The van der Waals surface area contributed by atoms with Crippen molar-refractivity contribution in [1.82, 2.24) is 20.1 Å². The average Bonchev–Trinajstić information content (AvgIpc) is 3.41. The summed E-state index contributed by atoms with van der Waals surface area (Å²) >= 11 is 7.59. The van der Waals surface area contributed by atoms with E-state index in [9.17, 15) is 4.79 Å². The molecular formula is C20H25ClN4O2S. The number of halogens is 1. The first-order valence-electron chi connectivity index (χ1n) is 9.78. The number of carbonyl (C=O) groups is 1. The van der Waals surface area contributed by atoms with Crippen LogP contribution in [0.2, 0.25) is 5.02 Å². The van der Waals surface area contributed by atoms with Gasteiger partial charge in [-0.2, -0.15) is 0 Å². The summed E-state index contributed by atoms with van der Waals surface area (Å²) in [4.78, 5) is 12.4. The fourth-order valence-electron chi connectivity index (χ4n) is 4.53. The smallest absolute Gasteiger partial charge is 0.230 e. The van der Waals surface area contributed by atoms with Crippen LogP contribution in [0.15, 0.2) is 23.4 Å². The largest absolute Gasteiger partial charge is 0.496 e. The van der Waals surface area contributed by atoms with Gasteiger partial charge in [-0.05, 0) is 56.2 Å². The van der Waals surface area contributed by atoms with E-state index >= 15 is 0 Å². The summed E-state index contributed by atoms with van der Waals surface area (Å²) in [6.45, 7) is 2.72. The Labute approximate surface area is 174 Å². The Bertz CT molecular complexity index is 872. The van der Waals surface area contributed by atoms with Crippen molar-refractivity contribution in [3.05, 3.63) is 23.2 Å². The molecule has 1 aromatic heterocycles. The van der Waals surface area contributed by atoms with Gasteiger partial charge in [-0.1, -0.05) is 29.8 Å². The van der Waals surface area contributed by atoms with E-state index in [0.29, 0.717) is 40.9 Å². The van der Waals surface area contributed by atoms with Gasteiger partial charge in [0.05, 0.1) is 18.4 Å². The number of amides is 1. The first-order chi connectivity index (χ1) is 13.6. The molecule has 2 aromatic rings. The fourth-order valence-corrected chi connectivity index (χ4v) is 5.52. The predicted molar refractivity (Wildman–Crippen MR) is 111 cm³/mol. The molecular weight excluding hydrogens is 396 g/mol. The number of aromatic nitrogens is 3. The molecule has 28 heavy (non-hydrogen) atoms. The Kier molecular flexibility index (Phi) is 5.83. The molecule has 3 atom stereocenters. The van der Waals surface area contributed by atoms with E-state index in [-0.39, 0.29) is 5.91 Å². The minimum absolute atomic E-state index is 0.0788.